The van der Waals surface area contributed by atoms with Crippen LogP contribution in [0.25, 0.3) is 16.7 Å². The molecule has 4 aromatic rings. The van der Waals surface area contributed by atoms with E-state index in [9.17, 15) is 13.2 Å². The molecule has 160 valence electrons. The van der Waals surface area contributed by atoms with Gasteiger partial charge in [0.05, 0.1) is 17.3 Å². The number of fused-ring (bicyclic) bond motifs is 1. The first kappa shape index (κ1) is 20.7. The second kappa shape index (κ2) is 7.94. The first-order valence-corrected chi connectivity index (χ1v) is 9.87. The first-order chi connectivity index (χ1) is 14.8. The largest absolute Gasteiger partial charge is 0.416 e. The highest BCUT2D eigenvalue weighted by Gasteiger charge is 2.30. The fraction of sp³-hybridized carbons (Fsp3) is 0.217. The SMILES string of the molecule is CNc1nc2cnc(Nc3cccc(C(C)C)c3)cc2n1-c1cccc(C(F)(F)F)c1. The number of halogens is 3. The van der Waals surface area contributed by atoms with Crippen molar-refractivity contribution >= 4 is 28.5 Å². The Bertz CT molecular complexity index is 1230. The van der Waals surface area contributed by atoms with E-state index >= 15 is 0 Å². The zero-order valence-electron chi connectivity index (χ0n) is 17.3. The molecule has 0 saturated carbocycles. The van der Waals surface area contributed by atoms with Gasteiger partial charge in [-0.3, -0.25) is 4.57 Å². The molecule has 4 rings (SSSR count). The molecule has 0 aliphatic rings. The molecule has 0 bridgehead atoms. The summed E-state index contributed by atoms with van der Waals surface area (Å²) in [4.78, 5) is 8.89. The molecule has 0 radical (unpaired) electrons. The van der Waals surface area contributed by atoms with Crippen molar-refractivity contribution in [3.05, 3.63) is 71.9 Å². The molecule has 0 aliphatic heterocycles. The van der Waals surface area contributed by atoms with Gasteiger partial charge < -0.3 is 10.6 Å². The number of pyridine rings is 1. The molecule has 2 aromatic heterocycles. The molecule has 2 aromatic carbocycles. The molecular formula is C23H22F3N5. The van der Waals surface area contributed by atoms with E-state index in [-0.39, 0.29) is 0 Å². The quantitative estimate of drug-likeness (QED) is 0.391. The molecule has 0 saturated heterocycles. The van der Waals surface area contributed by atoms with Crippen LogP contribution in [-0.2, 0) is 6.18 Å². The van der Waals surface area contributed by atoms with Gasteiger partial charge in [-0.1, -0.05) is 32.0 Å². The normalized spacial score (nSPS) is 11.8. The van der Waals surface area contributed by atoms with Crippen molar-refractivity contribution in [1.29, 1.82) is 0 Å². The second-order valence-electron chi connectivity index (χ2n) is 7.53. The van der Waals surface area contributed by atoms with Gasteiger partial charge >= 0.3 is 6.18 Å². The number of nitrogens with one attached hydrogen (secondary N) is 2. The molecule has 0 atom stereocenters. The Morgan fingerprint density at radius 3 is 2.48 bits per heavy atom. The number of anilines is 3. The summed E-state index contributed by atoms with van der Waals surface area (Å²) < 4.78 is 41.4. The molecule has 2 N–H and O–H groups in total. The van der Waals surface area contributed by atoms with E-state index in [1.54, 1.807) is 29.9 Å². The van der Waals surface area contributed by atoms with Crippen LogP contribution in [0.2, 0.25) is 0 Å². The van der Waals surface area contributed by atoms with E-state index < -0.39 is 11.7 Å². The van der Waals surface area contributed by atoms with Crippen molar-refractivity contribution in [2.24, 2.45) is 0 Å². The Hall–Kier alpha value is -3.55. The fourth-order valence-electron chi connectivity index (χ4n) is 3.42. The number of hydrogen-bond acceptors (Lipinski definition) is 4. The summed E-state index contributed by atoms with van der Waals surface area (Å²) in [5.74, 6) is 1.39. The highest BCUT2D eigenvalue weighted by Crippen LogP contribution is 2.33. The monoisotopic (exact) mass is 425 g/mol. The van der Waals surface area contributed by atoms with Crippen LogP contribution in [0.4, 0.5) is 30.6 Å². The van der Waals surface area contributed by atoms with Crippen LogP contribution in [0, 0.1) is 0 Å². The third-order valence-electron chi connectivity index (χ3n) is 5.02. The predicted molar refractivity (Wildman–Crippen MR) is 117 cm³/mol. The number of nitrogens with zero attached hydrogens (tertiary/aromatic N) is 3. The Balaban J connectivity index is 1.79. The lowest BCUT2D eigenvalue weighted by molar-refractivity contribution is -0.137. The lowest BCUT2D eigenvalue weighted by Crippen LogP contribution is -2.07. The second-order valence-corrected chi connectivity index (χ2v) is 7.53. The maximum absolute atomic E-state index is 13.2. The van der Waals surface area contributed by atoms with Gasteiger partial charge in [0.15, 0.2) is 0 Å². The van der Waals surface area contributed by atoms with E-state index in [1.165, 1.54) is 11.6 Å². The molecular weight excluding hydrogens is 403 g/mol. The number of benzene rings is 2. The smallest absolute Gasteiger partial charge is 0.358 e. The highest BCUT2D eigenvalue weighted by molar-refractivity contribution is 5.83. The van der Waals surface area contributed by atoms with Gasteiger partial charge in [0.2, 0.25) is 5.95 Å². The molecule has 0 amide bonds. The average molecular weight is 425 g/mol. The summed E-state index contributed by atoms with van der Waals surface area (Å²) in [7, 11) is 1.68. The molecule has 5 nitrogen and oxygen atoms in total. The predicted octanol–water partition coefficient (Wildman–Crippen LogP) is 6.35. The minimum Gasteiger partial charge on any atom is -0.358 e. The Kier molecular flexibility index (Phi) is 5.31. The van der Waals surface area contributed by atoms with Crippen molar-refractivity contribution in [2.45, 2.75) is 25.9 Å². The van der Waals surface area contributed by atoms with Gasteiger partial charge in [0, 0.05) is 24.5 Å². The average Bonchev–Trinajstić information content (AvgIpc) is 3.11. The zero-order chi connectivity index (χ0) is 22.2. The van der Waals surface area contributed by atoms with Gasteiger partial charge in [-0.15, -0.1) is 0 Å². The molecule has 0 fully saturated rings. The van der Waals surface area contributed by atoms with Crippen molar-refractivity contribution in [3.63, 3.8) is 0 Å². The van der Waals surface area contributed by atoms with E-state index in [4.69, 9.17) is 0 Å². The summed E-state index contributed by atoms with van der Waals surface area (Å²) in [5, 5.41) is 6.23. The van der Waals surface area contributed by atoms with Crippen LogP contribution in [0.15, 0.2) is 60.8 Å². The van der Waals surface area contributed by atoms with Crippen LogP contribution in [0.3, 0.4) is 0 Å². The van der Waals surface area contributed by atoms with Crippen molar-refractivity contribution in [1.82, 2.24) is 14.5 Å². The van der Waals surface area contributed by atoms with Crippen LogP contribution in [-0.4, -0.2) is 21.6 Å². The van der Waals surface area contributed by atoms with E-state index in [1.807, 2.05) is 12.1 Å². The van der Waals surface area contributed by atoms with Crippen molar-refractivity contribution in [2.75, 3.05) is 17.7 Å². The van der Waals surface area contributed by atoms with Gasteiger partial charge in [0.1, 0.15) is 11.3 Å². The number of imidazole rings is 1. The highest BCUT2D eigenvalue weighted by atomic mass is 19.4. The van der Waals surface area contributed by atoms with Gasteiger partial charge in [-0.25, -0.2) is 9.97 Å². The van der Waals surface area contributed by atoms with Crippen LogP contribution in [0.5, 0.6) is 0 Å². The fourth-order valence-corrected chi connectivity index (χ4v) is 3.42. The molecule has 0 spiro atoms. The van der Waals surface area contributed by atoms with Gasteiger partial charge in [-0.05, 0) is 41.8 Å². The lowest BCUT2D eigenvalue weighted by atomic mass is 10.0. The summed E-state index contributed by atoms with van der Waals surface area (Å²) in [6.07, 6.45) is -2.82. The standard InChI is InChI=1S/C23H22F3N5/c1-14(2)15-6-4-8-17(10-15)29-21-12-20-19(13-28-21)30-22(27-3)31(20)18-9-5-7-16(11-18)23(24,25)26/h4-14H,1-3H3,(H,27,30)(H,28,29). The number of aromatic nitrogens is 3. The summed E-state index contributed by atoms with van der Waals surface area (Å²) in [6.45, 7) is 4.24. The number of rotatable bonds is 5. The lowest BCUT2D eigenvalue weighted by Gasteiger charge is -2.13. The van der Waals surface area contributed by atoms with Crippen molar-refractivity contribution in [3.8, 4) is 5.69 Å². The maximum Gasteiger partial charge on any atom is 0.416 e. The molecule has 31 heavy (non-hydrogen) atoms. The van der Waals surface area contributed by atoms with Gasteiger partial charge in [-0.2, -0.15) is 13.2 Å². The van der Waals surface area contributed by atoms with Crippen LogP contribution < -0.4 is 10.6 Å². The summed E-state index contributed by atoms with van der Waals surface area (Å²) in [5.41, 5.74) is 2.94. The van der Waals surface area contributed by atoms with Crippen molar-refractivity contribution < 1.29 is 13.2 Å². The van der Waals surface area contributed by atoms with E-state index in [0.717, 1.165) is 17.8 Å². The first-order valence-electron chi connectivity index (χ1n) is 9.87. The minimum absolute atomic E-state index is 0.362. The van der Waals surface area contributed by atoms with Crippen LogP contribution in [0.1, 0.15) is 30.9 Å². The van der Waals surface area contributed by atoms with E-state index in [0.29, 0.717) is 34.4 Å². The Morgan fingerprint density at radius 1 is 1.00 bits per heavy atom. The summed E-state index contributed by atoms with van der Waals surface area (Å²) in [6, 6.07) is 15.0. The molecule has 0 aliphatic carbocycles. The third-order valence-corrected chi connectivity index (χ3v) is 5.02. The molecule has 2 heterocycles. The Labute approximate surface area is 178 Å². The van der Waals surface area contributed by atoms with Gasteiger partial charge in [0.25, 0.3) is 0 Å². The topological polar surface area (TPSA) is 54.8 Å². The third kappa shape index (κ3) is 4.19. The minimum atomic E-state index is -4.43. The molecule has 0 unspecified atom stereocenters. The maximum atomic E-state index is 13.2. The number of hydrogen-bond donors (Lipinski definition) is 2. The summed E-state index contributed by atoms with van der Waals surface area (Å²) >= 11 is 0. The van der Waals surface area contributed by atoms with Crippen LogP contribution >= 0.6 is 0 Å². The Morgan fingerprint density at radius 2 is 1.77 bits per heavy atom. The van der Waals surface area contributed by atoms with E-state index in [2.05, 4.69) is 46.6 Å². The molecule has 8 heteroatoms. The zero-order valence-corrected chi connectivity index (χ0v) is 17.3. The number of alkyl halides is 3.